The number of aliphatic hydroxyl groups is 1. The SMILES string of the molecule is OCC1=CSC(c2cccc3ccccc23)S1. The zero-order valence-electron chi connectivity index (χ0n) is 9.17. The molecule has 0 saturated heterocycles. The molecular formula is C14H12OS2. The fraction of sp³-hybridized carbons (Fsp3) is 0.143. The first-order valence-electron chi connectivity index (χ1n) is 5.48. The molecule has 3 heteroatoms. The molecule has 0 spiro atoms. The molecule has 0 aromatic heterocycles. The second-order valence-electron chi connectivity index (χ2n) is 3.90. The van der Waals surface area contributed by atoms with Crippen molar-refractivity contribution >= 4 is 34.3 Å². The van der Waals surface area contributed by atoms with E-state index in [2.05, 4.69) is 47.9 Å². The van der Waals surface area contributed by atoms with Crippen molar-refractivity contribution in [1.29, 1.82) is 0 Å². The molecule has 2 aromatic rings. The van der Waals surface area contributed by atoms with Crippen LogP contribution in [0.3, 0.4) is 0 Å². The van der Waals surface area contributed by atoms with Crippen LogP contribution in [-0.2, 0) is 0 Å². The Morgan fingerprint density at radius 3 is 2.71 bits per heavy atom. The van der Waals surface area contributed by atoms with Gasteiger partial charge in [-0.1, -0.05) is 42.5 Å². The normalized spacial score (nSPS) is 19.6. The van der Waals surface area contributed by atoms with Gasteiger partial charge in [-0.3, -0.25) is 0 Å². The molecule has 0 fully saturated rings. The fourth-order valence-electron chi connectivity index (χ4n) is 2.00. The summed E-state index contributed by atoms with van der Waals surface area (Å²) in [6.45, 7) is 0.152. The van der Waals surface area contributed by atoms with Gasteiger partial charge in [0.1, 0.15) is 0 Å². The van der Waals surface area contributed by atoms with Crippen molar-refractivity contribution in [2.75, 3.05) is 6.61 Å². The zero-order chi connectivity index (χ0) is 11.7. The van der Waals surface area contributed by atoms with Gasteiger partial charge in [0.25, 0.3) is 0 Å². The molecule has 1 N–H and O–H groups in total. The summed E-state index contributed by atoms with van der Waals surface area (Å²) in [5, 5.41) is 13.8. The molecule has 17 heavy (non-hydrogen) atoms. The minimum absolute atomic E-state index is 0.152. The first-order valence-corrected chi connectivity index (χ1v) is 7.30. The highest BCUT2D eigenvalue weighted by Crippen LogP contribution is 2.51. The Kier molecular flexibility index (Phi) is 3.14. The van der Waals surface area contributed by atoms with Crippen LogP contribution in [-0.4, -0.2) is 11.7 Å². The molecule has 3 rings (SSSR count). The lowest BCUT2D eigenvalue weighted by molar-refractivity contribution is 0.340. The summed E-state index contributed by atoms with van der Waals surface area (Å²) in [6, 6.07) is 14.9. The maximum Gasteiger partial charge on any atom is 0.0843 e. The zero-order valence-corrected chi connectivity index (χ0v) is 10.8. The van der Waals surface area contributed by atoms with Crippen molar-refractivity contribution < 1.29 is 5.11 Å². The maximum atomic E-state index is 9.14. The van der Waals surface area contributed by atoms with Crippen molar-refractivity contribution in [2.45, 2.75) is 4.58 Å². The van der Waals surface area contributed by atoms with Crippen LogP contribution in [0.1, 0.15) is 10.1 Å². The minimum Gasteiger partial charge on any atom is -0.391 e. The standard InChI is InChI=1S/C14H12OS2/c15-8-11-9-16-14(17-11)13-7-3-5-10-4-1-2-6-12(10)13/h1-7,9,14-15H,8H2. The molecule has 2 aromatic carbocycles. The number of hydrogen-bond acceptors (Lipinski definition) is 3. The maximum absolute atomic E-state index is 9.14. The van der Waals surface area contributed by atoms with Gasteiger partial charge >= 0.3 is 0 Å². The van der Waals surface area contributed by atoms with Crippen LogP contribution in [0, 0.1) is 0 Å². The van der Waals surface area contributed by atoms with E-state index in [-0.39, 0.29) is 6.61 Å². The summed E-state index contributed by atoms with van der Waals surface area (Å²) >= 11 is 3.54. The van der Waals surface area contributed by atoms with Crippen LogP contribution >= 0.6 is 23.5 Å². The molecule has 0 amide bonds. The average molecular weight is 260 g/mol. The number of benzene rings is 2. The molecule has 1 unspecified atom stereocenters. The highest BCUT2D eigenvalue weighted by atomic mass is 32.2. The number of rotatable bonds is 2. The summed E-state index contributed by atoms with van der Waals surface area (Å²) in [6.07, 6.45) is 0. The van der Waals surface area contributed by atoms with E-state index in [1.165, 1.54) is 16.3 Å². The average Bonchev–Trinajstić information content (AvgIpc) is 2.87. The van der Waals surface area contributed by atoms with Gasteiger partial charge in [-0.25, -0.2) is 0 Å². The third-order valence-electron chi connectivity index (χ3n) is 2.81. The van der Waals surface area contributed by atoms with E-state index >= 15 is 0 Å². The topological polar surface area (TPSA) is 20.2 Å². The Hall–Kier alpha value is -0.900. The van der Waals surface area contributed by atoms with Crippen LogP contribution < -0.4 is 0 Å². The predicted molar refractivity (Wildman–Crippen MR) is 77.0 cm³/mol. The van der Waals surface area contributed by atoms with Crippen LogP contribution in [0.25, 0.3) is 10.8 Å². The van der Waals surface area contributed by atoms with E-state index in [1.54, 1.807) is 23.5 Å². The van der Waals surface area contributed by atoms with Gasteiger partial charge in [0.2, 0.25) is 0 Å². The first-order chi connectivity index (χ1) is 8.38. The third kappa shape index (κ3) is 2.10. The van der Waals surface area contributed by atoms with E-state index in [0.717, 1.165) is 4.91 Å². The van der Waals surface area contributed by atoms with Gasteiger partial charge in [-0.2, -0.15) is 0 Å². The van der Waals surface area contributed by atoms with Crippen molar-refractivity contribution in [1.82, 2.24) is 0 Å². The number of fused-ring (bicyclic) bond motifs is 1. The van der Waals surface area contributed by atoms with Crippen molar-refractivity contribution in [3.05, 3.63) is 58.3 Å². The van der Waals surface area contributed by atoms with Crippen LogP contribution in [0.4, 0.5) is 0 Å². The fourth-order valence-corrected chi connectivity index (χ4v) is 4.53. The number of hydrogen-bond donors (Lipinski definition) is 1. The van der Waals surface area contributed by atoms with Crippen molar-refractivity contribution in [3.8, 4) is 0 Å². The lowest BCUT2D eigenvalue weighted by atomic mass is 10.1. The molecule has 0 aliphatic carbocycles. The quantitative estimate of drug-likeness (QED) is 0.876. The highest BCUT2D eigenvalue weighted by molar-refractivity contribution is 8.22. The summed E-state index contributed by atoms with van der Waals surface area (Å²) in [4.78, 5) is 1.06. The van der Waals surface area contributed by atoms with Gasteiger partial charge in [-0.05, 0) is 21.7 Å². The van der Waals surface area contributed by atoms with Crippen molar-refractivity contribution in [2.24, 2.45) is 0 Å². The van der Waals surface area contributed by atoms with Gasteiger partial charge in [-0.15, -0.1) is 23.5 Å². The van der Waals surface area contributed by atoms with Gasteiger partial charge < -0.3 is 5.11 Å². The van der Waals surface area contributed by atoms with Gasteiger partial charge in [0.15, 0.2) is 0 Å². The lowest BCUT2D eigenvalue weighted by Crippen LogP contribution is -1.88. The summed E-state index contributed by atoms with van der Waals surface area (Å²) in [7, 11) is 0. The van der Waals surface area contributed by atoms with Crippen LogP contribution in [0.2, 0.25) is 0 Å². The molecule has 0 bridgehead atoms. The Morgan fingerprint density at radius 2 is 1.88 bits per heavy atom. The van der Waals surface area contributed by atoms with E-state index in [9.17, 15) is 0 Å². The van der Waals surface area contributed by atoms with E-state index in [1.807, 2.05) is 0 Å². The molecule has 1 aliphatic heterocycles. The third-order valence-corrected chi connectivity index (χ3v) is 5.53. The lowest BCUT2D eigenvalue weighted by Gasteiger charge is -2.12. The Labute approximate surface area is 109 Å². The predicted octanol–water partition coefficient (Wildman–Crippen LogP) is 4.15. The first kappa shape index (κ1) is 11.2. The highest BCUT2D eigenvalue weighted by Gasteiger charge is 2.21. The van der Waals surface area contributed by atoms with E-state index < -0.39 is 0 Å². The van der Waals surface area contributed by atoms with Gasteiger partial charge in [0, 0.05) is 4.91 Å². The summed E-state index contributed by atoms with van der Waals surface area (Å²) in [5.41, 5.74) is 1.35. The summed E-state index contributed by atoms with van der Waals surface area (Å²) < 4.78 is 0.378. The minimum atomic E-state index is 0.152. The second kappa shape index (κ2) is 4.77. The largest absolute Gasteiger partial charge is 0.391 e. The van der Waals surface area contributed by atoms with Crippen LogP contribution in [0.15, 0.2) is 52.8 Å². The Bertz CT molecular complexity index is 572. The molecule has 1 aliphatic rings. The molecule has 1 atom stereocenters. The number of thioether (sulfide) groups is 2. The molecule has 1 nitrogen and oxygen atoms in total. The molecule has 86 valence electrons. The smallest absolute Gasteiger partial charge is 0.0843 e. The second-order valence-corrected chi connectivity index (χ2v) is 6.41. The Morgan fingerprint density at radius 1 is 1.06 bits per heavy atom. The monoisotopic (exact) mass is 260 g/mol. The van der Waals surface area contributed by atoms with Crippen molar-refractivity contribution in [3.63, 3.8) is 0 Å². The molecule has 0 saturated carbocycles. The molecule has 0 radical (unpaired) electrons. The molecule has 1 heterocycles. The van der Waals surface area contributed by atoms with Crippen LogP contribution in [0.5, 0.6) is 0 Å². The molecular weight excluding hydrogens is 248 g/mol. The van der Waals surface area contributed by atoms with E-state index in [4.69, 9.17) is 5.11 Å². The van der Waals surface area contributed by atoms with Gasteiger partial charge in [0.05, 0.1) is 11.2 Å². The summed E-state index contributed by atoms with van der Waals surface area (Å²) in [5.74, 6) is 0. The number of aliphatic hydroxyl groups excluding tert-OH is 1. The van der Waals surface area contributed by atoms with E-state index in [0.29, 0.717) is 4.58 Å². The Balaban J connectivity index is 2.02.